The highest BCUT2D eigenvalue weighted by molar-refractivity contribution is 7.89. The Morgan fingerprint density at radius 2 is 2.05 bits per heavy atom. The zero-order valence-electron chi connectivity index (χ0n) is 11.5. The molecule has 2 N–H and O–H groups in total. The largest absolute Gasteiger partial charge is 0.316 e. The van der Waals surface area contributed by atoms with Gasteiger partial charge in [-0.3, -0.25) is 0 Å². The van der Waals surface area contributed by atoms with Crippen molar-refractivity contribution < 1.29 is 12.8 Å². The third-order valence-corrected chi connectivity index (χ3v) is 5.43. The van der Waals surface area contributed by atoms with Gasteiger partial charge in [-0.05, 0) is 45.4 Å². The molecule has 1 aromatic carbocycles. The first kappa shape index (κ1) is 15.7. The van der Waals surface area contributed by atoms with Crippen LogP contribution in [-0.2, 0) is 16.6 Å². The summed E-state index contributed by atoms with van der Waals surface area (Å²) in [5.41, 5.74) is -0.240. The number of benzene rings is 1. The average molecular weight is 321 g/mol. The molecule has 0 heterocycles. The van der Waals surface area contributed by atoms with Crippen molar-refractivity contribution in [3.05, 3.63) is 28.5 Å². The van der Waals surface area contributed by atoms with Crippen molar-refractivity contribution in [2.24, 2.45) is 0 Å². The van der Waals surface area contributed by atoms with Crippen molar-refractivity contribution >= 4 is 21.6 Å². The number of sulfonamides is 1. The summed E-state index contributed by atoms with van der Waals surface area (Å²) < 4.78 is 41.6. The molecule has 0 saturated heterocycles. The van der Waals surface area contributed by atoms with Gasteiger partial charge in [-0.25, -0.2) is 17.5 Å². The minimum Gasteiger partial charge on any atom is -0.316 e. The predicted octanol–water partition coefficient (Wildman–Crippen LogP) is 2.42. The Morgan fingerprint density at radius 1 is 1.40 bits per heavy atom. The van der Waals surface area contributed by atoms with E-state index in [1.54, 1.807) is 7.05 Å². The van der Waals surface area contributed by atoms with Crippen molar-refractivity contribution in [3.63, 3.8) is 0 Å². The summed E-state index contributed by atoms with van der Waals surface area (Å²) in [6, 6.07) is 2.58. The van der Waals surface area contributed by atoms with Gasteiger partial charge in [0, 0.05) is 22.7 Å². The Hall–Kier alpha value is -0.690. The summed E-state index contributed by atoms with van der Waals surface area (Å²) in [7, 11) is -2.26. The molecule has 0 radical (unpaired) electrons. The van der Waals surface area contributed by atoms with Crippen molar-refractivity contribution in [1.82, 2.24) is 10.0 Å². The molecule has 112 valence electrons. The standard InChI is InChI=1S/C13H18ClFN2O2S/c1-13(4-3-5-13)17-20(18,19)11-7-10(14)6-9(8-16-2)12(11)15/h6-7,16-17H,3-5,8H2,1-2H3. The number of rotatable bonds is 5. The number of hydrogen-bond donors (Lipinski definition) is 2. The summed E-state index contributed by atoms with van der Waals surface area (Å²) in [6.07, 6.45) is 2.50. The fraction of sp³-hybridized carbons (Fsp3) is 0.538. The molecule has 0 aromatic heterocycles. The maximum Gasteiger partial charge on any atom is 0.244 e. The van der Waals surface area contributed by atoms with Crippen LogP contribution in [0.4, 0.5) is 4.39 Å². The highest BCUT2D eigenvalue weighted by atomic mass is 35.5. The van der Waals surface area contributed by atoms with E-state index in [4.69, 9.17) is 11.6 Å². The molecule has 1 aromatic rings. The van der Waals surface area contributed by atoms with Crippen LogP contribution in [0.15, 0.2) is 17.0 Å². The molecule has 0 aliphatic heterocycles. The normalized spacial score (nSPS) is 17.8. The quantitative estimate of drug-likeness (QED) is 0.876. The molecule has 0 amide bonds. The van der Waals surface area contributed by atoms with Gasteiger partial charge >= 0.3 is 0 Å². The molecule has 7 heteroatoms. The van der Waals surface area contributed by atoms with Crippen LogP contribution in [0.25, 0.3) is 0 Å². The van der Waals surface area contributed by atoms with Crippen molar-refractivity contribution in [1.29, 1.82) is 0 Å². The highest BCUT2D eigenvalue weighted by Gasteiger charge is 2.37. The van der Waals surface area contributed by atoms with E-state index < -0.39 is 21.4 Å². The Kier molecular flexibility index (Phi) is 4.39. The van der Waals surface area contributed by atoms with Crippen LogP contribution in [0, 0.1) is 5.82 Å². The second-order valence-corrected chi connectivity index (χ2v) is 7.51. The molecule has 0 atom stereocenters. The summed E-state index contributed by atoms with van der Waals surface area (Å²) >= 11 is 5.90. The SMILES string of the molecule is CNCc1cc(Cl)cc(S(=O)(=O)NC2(C)CCC2)c1F. The van der Waals surface area contributed by atoms with Crippen molar-refractivity contribution in [2.45, 2.75) is 43.2 Å². The zero-order chi connectivity index (χ0) is 15.0. The molecular formula is C13H18ClFN2O2S. The third-order valence-electron chi connectivity index (χ3n) is 3.57. The molecule has 0 unspecified atom stereocenters. The highest BCUT2D eigenvalue weighted by Crippen LogP contribution is 2.33. The van der Waals surface area contributed by atoms with E-state index in [2.05, 4.69) is 10.0 Å². The molecule has 0 spiro atoms. The van der Waals surface area contributed by atoms with Crippen molar-refractivity contribution in [2.75, 3.05) is 7.05 Å². The van der Waals surface area contributed by atoms with Gasteiger partial charge in [0.15, 0.2) is 0 Å². The Labute approximate surface area is 123 Å². The zero-order valence-corrected chi connectivity index (χ0v) is 13.0. The average Bonchev–Trinajstić information content (AvgIpc) is 2.31. The van der Waals surface area contributed by atoms with Gasteiger partial charge < -0.3 is 5.32 Å². The lowest BCUT2D eigenvalue weighted by molar-refractivity contribution is 0.247. The van der Waals surface area contributed by atoms with E-state index in [0.717, 1.165) is 25.3 Å². The summed E-state index contributed by atoms with van der Waals surface area (Å²) in [5, 5.41) is 2.99. The minimum absolute atomic E-state index is 0.204. The minimum atomic E-state index is -3.91. The maximum absolute atomic E-state index is 14.3. The van der Waals surface area contributed by atoms with Crippen LogP contribution in [0.2, 0.25) is 5.02 Å². The monoisotopic (exact) mass is 320 g/mol. The van der Waals surface area contributed by atoms with Crippen LogP contribution < -0.4 is 10.0 Å². The summed E-state index contributed by atoms with van der Waals surface area (Å²) in [5.74, 6) is -0.751. The Balaban J connectivity index is 2.40. The molecule has 1 aliphatic carbocycles. The second kappa shape index (κ2) is 5.60. The number of hydrogen-bond acceptors (Lipinski definition) is 3. The van der Waals surface area contributed by atoms with Gasteiger partial charge in [0.1, 0.15) is 10.7 Å². The van der Waals surface area contributed by atoms with Crippen LogP contribution >= 0.6 is 11.6 Å². The second-order valence-electron chi connectivity index (χ2n) is 5.43. The lowest BCUT2D eigenvalue weighted by atomic mass is 9.80. The first-order chi connectivity index (χ1) is 9.27. The van der Waals surface area contributed by atoms with Gasteiger partial charge in [-0.15, -0.1) is 0 Å². The predicted molar refractivity (Wildman–Crippen MR) is 76.8 cm³/mol. The van der Waals surface area contributed by atoms with Crippen LogP contribution in [-0.4, -0.2) is 21.0 Å². The molecule has 2 rings (SSSR count). The smallest absolute Gasteiger partial charge is 0.244 e. The van der Waals surface area contributed by atoms with Crippen LogP contribution in [0.1, 0.15) is 31.7 Å². The maximum atomic E-state index is 14.3. The molecule has 20 heavy (non-hydrogen) atoms. The molecular weight excluding hydrogens is 303 g/mol. The fourth-order valence-corrected chi connectivity index (χ4v) is 4.24. The first-order valence-electron chi connectivity index (χ1n) is 6.44. The first-order valence-corrected chi connectivity index (χ1v) is 8.30. The lowest BCUT2D eigenvalue weighted by Crippen LogP contribution is -2.50. The molecule has 1 saturated carbocycles. The van der Waals surface area contributed by atoms with E-state index in [0.29, 0.717) is 0 Å². The van der Waals surface area contributed by atoms with E-state index >= 15 is 0 Å². The van der Waals surface area contributed by atoms with Gasteiger partial charge in [-0.2, -0.15) is 0 Å². The summed E-state index contributed by atoms with van der Waals surface area (Å²) in [4.78, 5) is -0.386. The van der Waals surface area contributed by atoms with Crippen LogP contribution in [0.3, 0.4) is 0 Å². The van der Waals surface area contributed by atoms with Crippen LogP contribution in [0.5, 0.6) is 0 Å². The Morgan fingerprint density at radius 3 is 2.55 bits per heavy atom. The van der Waals surface area contributed by atoms with Gasteiger partial charge in [0.05, 0.1) is 0 Å². The van der Waals surface area contributed by atoms with E-state index in [-0.39, 0.29) is 22.0 Å². The third kappa shape index (κ3) is 3.14. The molecule has 1 aliphatic rings. The van der Waals surface area contributed by atoms with Gasteiger partial charge in [0.25, 0.3) is 0 Å². The molecule has 0 bridgehead atoms. The lowest BCUT2D eigenvalue weighted by Gasteiger charge is -2.38. The Bertz CT molecular complexity index is 615. The summed E-state index contributed by atoms with van der Waals surface area (Å²) in [6.45, 7) is 2.04. The molecule has 1 fully saturated rings. The fourth-order valence-electron chi connectivity index (χ4n) is 2.32. The van der Waals surface area contributed by atoms with Crippen molar-refractivity contribution in [3.8, 4) is 0 Å². The number of halogens is 2. The molecule has 4 nitrogen and oxygen atoms in total. The topological polar surface area (TPSA) is 58.2 Å². The van der Waals surface area contributed by atoms with E-state index in [1.165, 1.54) is 6.07 Å². The van der Waals surface area contributed by atoms with E-state index in [1.807, 2.05) is 6.92 Å². The van der Waals surface area contributed by atoms with Gasteiger partial charge in [-0.1, -0.05) is 11.6 Å². The van der Waals surface area contributed by atoms with E-state index in [9.17, 15) is 12.8 Å². The van der Waals surface area contributed by atoms with Gasteiger partial charge in [0.2, 0.25) is 10.0 Å². The number of nitrogens with one attached hydrogen (secondary N) is 2.